The average Bonchev–Trinajstić information content (AvgIpc) is 2.81. The highest BCUT2D eigenvalue weighted by molar-refractivity contribution is 7.54. The van der Waals surface area contributed by atoms with Crippen molar-refractivity contribution in [3.05, 3.63) is 52.6 Å². The summed E-state index contributed by atoms with van der Waals surface area (Å²) in [5.41, 5.74) is 4.93. The molecule has 1 aliphatic rings. The van der Waals surface area contributed by atoms with Crippen molar-refractivity contribution in [1.29, 1.82) is 0 Å². The molecule has 1 aromatic carbocycles. The molecule has 0 radical (unpaired) electrons. The maximum absolute atomic E-state index is 13.0. The van der Waals surface area contributed by atoms with Crippen LogP contribution in [-0.4, -0.2) is 58.4 Å². The Morgan fingerprint density at radius 2 is 1.92 bits per heavy atom. The molecule has 1 amide bonds. The standard InChI is InChI=1S/C25H35N4O9P/c1-16(2)36-22(30)20(27-24(32)37-25(3,4)5)12-17-6-8-18(9-7-17)38-39(33)15-34-19(14-35-39)13-29-11-10-21(26)28-23(29)31/h6-11,16,19-20H,12-15H2,1-5H3,(H,27,32)(H2,26,28,31)/t19-,20-,39-/m0/s1. The summed E-state index contributed by atoms with van der Waals surface area (Å²) in [5.74, 6) is -0.212. The molecule has 0 spiro atoms. The first kappa shape index (κ1) is 30.1. The van der Waals surface area contributed by atoms with Crippen LogP contribution in [0, 0.1) is 0 Å². The number of nitrogen functional groups attached to an aromatic ring is 1. The number of carbonyl (C=O) groups is 2. The van der Waals surface area contributed by atoms with Crippen LogP contribution in [0.5, 0.6) is 5.75 Å². The predicted octanol–water partition coefficient (Wildman–Crippen LogP) is 2.86. The Morgan fingerprint density at radius 3 is 2.49 bits per heavy atom. The molecule has 0 bridgehead atoms. The molecule has 0 unspecified atom stereocenters. The molecule has 39 heavy (non-hydrogen) atoms. The van der Waals surface area contributed by atoms with Gasteiger partial charge in [-0.25, -0.2) is 18.9 Å². The summed E-state index contributed by atoms with van der Waals surface area (Å²) in [7, 11) is -3.60. The Kier molecular flexibility index (Phi) is 9.76. The topological polar surface area (TPSA) is 170 Å². The van der Waals surface area contributed by atoms with E-state index in [1.807, 2.05) is 0 Å². The van der Waals surface area contributed by atoms with Crippen LogP contribution in [0.3, 0.4) is 0 Å². The highest BCUT2D eigenvalue weighted by Gasteiger charge is 2.35. The lowest BCUT2D eigenvalue weighted by Crippen LogP contribution is -2.46. The highest BCUT2D eigenvalue weighted by atomic mass is 31.2. The van der Waals surface area contributed by atoms with E-state index in [0.717, 1.165) is 0 Å². The molecule has 3 atom stereocenters. The quantitative estimate of drug-likeness (QED) is 0.338. The summed E-state index contributed by atoms with van der Waals surface area (Å²) in [4.78, 5) is 40.4. The minimum atomic E-state index is -3.60. The van der Waals surface area contributed by atoms with Crippen LogP contribution in [0.15, 0.2) is 41.3 Å². The Labute approximate surface area is 226 Å². The van der Waals surface area contributed by atoms with Crippen molar-refractivity contribution >= 4 is 25.5 Å². The van der Waals surface area contributed by atoms with Crippen molar-refractivity contribution in [2.24, 2.45) is 0 Å². The summed E-state index contributed by atoms with van der Waals surface area (Å²) in [6.45, 7) is 8.68. The van der Waals surface area contributed by atoms with Gasteiger partial charge in [0.05, 0.1) is 19.3 Å². The lowest BCUT2D eigenvalue weighted by atomic mass is 10.1. The van der Waals surface area contributed by atoms with Gasteiger partial charge in [0.15, 0.2) is 6.35 Å². The van der Waals surface area contributed by atoms with Gasteiger partial charge in [-0.05, 0) is 58.4 Å². The Balaban J connectivity index is 1.58. The van der Waals surface area contributed by atoms with Gasteiger partial charge in [0.2, 0.25) is 0 Å². The Bertz CT molecular complexity index is 1250. The van der Waals surface area contributed by atoms with Crippen molar-refractivity contribution in [2.75, 3.05) is 18.7 Å². The van der Waals surface area contributed by atoms with Gasteiger partial charge in [0, 0.05) is 12.6 Å². The number of anilines is 1. The fourth-order valence-electron chi connectivity index (χ4n) is 3.48. The molecule has 14 heteroatoms. The number of nitrogens with two attached hydrogens (primary N) is 1. The number of hydrogen-bond acceptors (Lipinski definition) is 11. The molecule has 13 nitrogen and oxygen atoms in total. The van der Waals surface area contributed by atoms with E-state index in [1.54, 1.807) is 58.9 Å². The number of benzene rings is 1. The molecule has 2 aromatic rings. The van der Waals surface area contributed by atoms with Crippen molar-refractivity contribution in [2.45, 2.75) is 71.4 Å². The zero-order valence-electron chi connectivity index (χ0n) is 22.6. The maximum atomic E-state index is 13.0. The van der Waals surface area contributed by atoms with E-state index < -0.39 is 43.1 Å². The van der Waals surface area contributed by atoms with E-state index in [1.165, 1.54) is 16.8 Å². The number of alkyl carbamates (subject to hydrolysis) is 1. The number of carbonyl (C=O) groups excluding carboxylic acids is 2. The first-order valence-electron chi connectivity index (χ1n) is 12.4. The first-order chi connectivity index (χ1) is 18.2. The third-order valence-electron chi connectivity index (χ3n) is 5.16. The lowest BCUT2D eigenvalue weighted by Gasteiger charge is -2.29. The summed E-state index contributed by atoms with van der Waals surface area (Å²) in [6.07, 6.45) is -0.313. The number of nitrogens with one attached hydrogen (secondary N) is 1. The molecule has 1 aliphatic heterocycles. The third-order valence-corrected chi connectivity index (χ3v) is 6.65. The largest absolute Gasteiger partial charge is 0.461 e. The summed E-state index contributed by atoms with van der Waals surface area (Å²) >= 11 is 0. The number of amides is 1. The van der Waals surface area contributed by atoms with Crippen molar-refractivity contribution in [1.82, 2.24) is 14.9 Å². The number of aromatic nitrogens is 2. The molecule has 1 saturated heterocycles. The van der Waals surface area contributed by atoms with Gasteiger partial charge >= 0.3 is 25.3 Å². The summed E-state index contributed by atoms with van der Waals surface area (Å²) < 4.78 is 41.6. The van der Waals surface area contributed by atoms with E-state index in [-0.39, 0.29) is 43.6 Å². The van der Waals surface area contributed by atoms with Crippen molar-refractivity contribution in [3.63, 3.8) is 0 Å². The molecule has 1 aromatic heterocycles. The minimum absolute atomic E-state index is 0.0534. The number of esters is 1. The van der Waals surface area contributed by atoms with Gasteiger partial charge in [0.1, 0.15) is 29.3 Å². The van der Waals surface area contributed by atoms with Gasteiger partial charge in [-0.2, -0.15) is 4.98 Å². The number of nitrogens with zero attached hydrogens (tertiary/aromatic N) is 2. The number of hydrogen-bond donors (Lipinski definition) is 2. The van der Waals surface area contributed by atoms with E-state index in [4.69, 9.17) is 29.0 Å². The molecule has 3 rings (SSSR count). The summed E-state index contributed by atoms with van der Waals surface area (Å²) in [5, 5.41) is 2.56. The van der Waals surface area contributed by atoms with Crippen LogP contribution >= 0.6 is 7.60 Å². The van der Waals surface area contributed by atoms with Crippen LogP contribution in [-0.2, 0) is 41.1 Å². The normalized spacial score (nSPS) is 20.2. The maximum Gasteiger partial charge on any atom is 0.408 e. The fraction of sp³-hybridized carbons (Fsp3) is 0.520. The van der Waals surface area contributed by atoms with Crippen LogP contribution in [0.4, 0.5) is 10.6 Å². The SMILES string of the molecule is CC(C)OC(=O)[C@H](Cc1ccc(O[P@]2(=O)CO[C@@H](Cn3ccc(N)nc3=O)CO2)cc1)NC(=O)OC(C)(C)C. The van der Waals surface area contributed by atoms with Crippen molar-refractivity contribution < 1.29 is 37.4 Å². The molecular formula is C25H35N4O9P. The van der Waals surface area contributed by atoms with E-state index in [0.29, 0.717) is 5.56 Å². The second-order valence-corrected chi connectivity index (χ2v) is 12.2. The number of rotatable bonds is 9. The monoisotopic (exact) mass is 566 g/mol. The third kappa shape index (κ3) is 9.68. The highest BCUT2D eigenvalue weighted by Crippen LogP contribution is 2.50. The minimum Gasteiger partial charge on any atom is -0.461 e. The van der Waals surface area contributed by atoms with Gasteiger partial charge in [-0.3, -0.25) is 9.09 Å². The first-order valence-corrected chi connectivity index (χ1v) is 14.1. The fourth-order valence-corrected chi connectivity index (χ4v) is 4.89. The second-order valence-electron chi connectivity index (χ2n) is 10.2. The van der Waals surface area contributed by atoms with Crippen molar-refractivity contribution in [3.8, 4) is 5.75 Å². The Morgan fingerprint density at radius 1 is 1.23 bits per heavy atom. The van der Waals surface area contributed by atoms with Crippen LogP contribution < -0.4 is 21.3 Å². The Hall–Kier alpha value is -3.41. The van der Waals surface area contributed by atoms with E-state index in [9.17, 15) is 18.9 Å². The predicted molar refractivity (Wildman–Crippen MR) is 141 cm³/mol. The zero-order valence-corrected chi connectivity index (χ0v) is 23.5. The van der Waals surface area contributed by atoms with Gasteiger partial charge in [0.25, 0.3) is 0 Å². The van der Waals surface area contributed by atoms with Crippen LogP contribution in [0.25, 0.3) is 0 Å². The second kappa shape index (κ2) is 12.6. The van der Waals surface area contributed by atoms with Gasteiger partial charge in [-0.15, -0.1) is 0 Å². The van der Waals surface area contributed by atoms with E-state index >= 15 is 0 Å². The number of ether oxygens (including phenoxy) is 3. The smallest absolute Gasteiger partial charge is 0.408 e. The summed E-state index contributed by atoms with van der Waals surface area (Å²) in [6, 6.07) is 6.99. The zero-order chi connectivity index (χ0) is 28.8. The van der Waals surface area contributed by atoms with Gasteiger partial charge < -0.3 is 29.8 Å². The molecule has 1 fully saturated rings. The van der Waals surface area contributed by atoms with Crippen LogP contribution in [0.2, 0.25) is 0 Å². The van der Waals surface area contributed by atoms with E-state index in [2.05, 4.69) is 10.3 Å². The molecular weight excluding hydrogens is 531 g/mol. The average molecular weight is 567 g/mol. The molecule has 2 heterocycles. The van der Waals surface area contributed by atoms with Crippen LogP contribution in [0.1, 0.15) is 40.2 Å². The molecule has 0 aliphatic carbocycles. The molecule has 3 N–H and O–H groups in total. The molecule has 214 valence electrons. The lowest BCUT2D eigenvalue weighted by molar-refractivity contribution is -0.149. The molecule has 0 saturated carbocycles. The van der Waals surface area contributed by atoms with Gasteiger partial charge in [-0.1, -0.05) is 12.1 Å².